The van der Waals surface area contributed by atoms with Gasteiger partial charge in [-0.25, -0.2) is 9.67 Å². The van der Waals surface area contributed by atoms with Crippen molar-refractivity contribution in [2.75, 3.05) is 12.4 Å². The molecule has 0 fully saturated rings. The monoisotopic (exact) mass is 376 g/mol. The van der Waals surface area contributed by atoms with E-state index in [4.69, 9.17) is 9.15 Å². The summed E-state index contributed by atoms with van der Waals surface area (Å²) in [4.78, 5) is 16.7. The Balaban J connectivity index is 1.50. The first kappa shape index (κ1) is 17.8. The van der Waals surface area contributed by atoms with E-state index in [2.05, 4.69) is 15.4 Å². The van der Waals surface area contributed by atoms with Gasteiger partial charge in [-0.3, -0.25) is 4.79 Å². The van der Waals surface area contributed by atoms with Gasteiger partial charge in [0.2, 0.25) is 5.91 Å². The molecule has 0 saturated heterocycles. The molecule has 0 aliphatic rings. The highest BCUT2D eigenvalue weighted by Gasteiger charge is 2.09. The van der Waals surface area contributed by atoms with Crippen LogP contribution in [-0.4, -0.2) is 27.8 Å². The summed E-state index contributed by atoms with van der Waals surface area (Å²) in [5, 5.41) is 8.93. The molecule has 4 rings (SSSR count). The van der Waals surface area contributed by atoms with Crippen LogP contribution in [0.3, 0.4) is 0 Å². The Morgan fingerprint density at radius 1 is 1.25 bits per heavy atom. The van der Waals surface area contributed by atoms with Crippen molar-refractivity contribution in [3.05, 3.63) is 54.6 Å². The van der Waals surface area contributed by atoms with Crippen LogP contribution in [0.2, 0.25) is 0 Å². The van der Waals surface area contributed by atoms with Gasteiger partial charge < -0.3 is 14.5 Å². The summed E-state index contributed by atoms with van der Waals surface area (Å²) >= 11 is 0. The zero-order valence-corrected chi connectivity index (χ0v) is 15.8. The van der Waals surface area contributed by atoms with Crippen LogP contribution in [0.25, 0.3) is 28.1 Å². The number of para-hydroxylation sites is 1. The first-order chi connectivity index (χ1) is 13.5. The number of carbonyl (C=O) groups excluding carboxylic acids is 1. The van der Waals surface area contributed by atoms with E-state index in [1.807, 2.05) is 48.9 Å². The summed E-state index contributed by atoms with van der Waals surface area (Å²) in [6.45, 7) is 4.09. The van der Waals surface area contributed by atoms with E-state index >= 15 is 0 Å². The summed E-state index contributed by atoms with van der Waals surface area (Å²) in [7, 11) is 1.59. The average Bonchev–Trinajstić information content (AvgIpc) is 3.29. The van der Waals surface area contributed by atoms with Crippen molar-refractivity contribution in [1.29, 1.82) is 0 Å². The molecule has 4 aromatic rings. The lowest BCUT2D eigenvalue weighted by Gasteiger charge is -2.06. The molecule has 1 aromatic carbocycles. The van der Waals surface area contributed by atoms with Gasteiger partial charge in [-0.2, -0.15) is 5.10 Å². The van der Waals surface area contributed by atoms with Crippen LogP contribution in [0.5, 0.6) is 5.75 Å². The number of pyridine rings is 1. The van der Waals surface area contributed by atoms with Gasteiger partial charge in [-0.05, 0) is 38.1 Å². The van der Waals surface area contributed by atoms with Gasteiger partial charge in [0.1, 0.15) is 5.76 Å². The lowest BCUT2D eigenvalue weighted by atomic mass is 10.2. The highest BCUT2D eigenvalue weighted by Crippen LogP contribution is 2.29. The van der Waals surface area contributed by atoms with Crippen LogP contribution < -0.4 is 10.1 Å². The maximum Gasteiger partial charge on any atom is 0.248 e. The Morgan fingerprint density at radius 3 is 2.89 bits per heavy atom. The Hall–Kier alpha value is -3.61. The normalized spacial score (nSPS) is 11.7. The van der Waals surface area contributed by atoms with Crippen LogP contribution in [0.1, 0.15) is 25.6 Å². The molecule has 0 aliphatic carbocycles. The molecule has 142 valence electrons. The zero-order valence-electron chi connectivity index (χ0n) is 15.8. The smallest absolute Gasteiger partial charge is 0.248 e. The number of nitrogens with one attached hydrogen (secondary N) is 1. The quantitative estimate of drug-likeness (QED) is 0.522. The predicted molar refractivity (Wildman–Crippen MR) is 108 cm³/mol. The van der Waals surface area contributed by atoms with E-state index in [-0.39, 0.29) is 11.9 Å². The van der Waals surface area contributed by atoms with Gasteiger partial charge in [-0.15, -0.1) is 0 Å². The van der Waals surface area contributed by atoms with Crippen molar-refractivity contribution >= 4 is 39.7 Å². The van der Waals surface area contributed by atoms with Gasteiger partial charge in [0.05, 0.1) is 25.2 Å². The number of nitrogens with zero attached hydrogens (tertiary/aromatic N) is 3. The molecule has 3 aromatic heterocycles. The summed E-state index contributed by atoms with van der Waals surface area (Å²) in [6, 6.07) is 9.58. The van der Waals surface area contributed by atoms with Crippen molar-refractivity contribution in [3.63, 3.8) is 0 Å². The van der Waals surface area contributed by atoms with Crippen LogP contribution in [0.15, 0.2) is 53.2 Å². The highest BCUT2D eigenvalue weighted by atomic mass is 16.5. The SMILES string of the molecule is COc1cccc2cc(/C=C/C(=O)Nc3cnc4c(cnn4C(C)C)c3)oc12. The predicted octanol–water partition coefficient (Wildman–Crippen LogP) is 4.42. The van der Waals surface area contributed by atoms with Gasteiger partial charge in [0.25, 0.3) is 0 Å². The number of ether oxygens (including phenoxy) is 1. The van der Waals surface area contributed by atoms with Gasteiger partial charge in [0.15, 0.2) is 17.0 Å². The third-order valence-electron chi connectivity index (χ3n) is 4.34. The fraction of sp³-hybridized carbons (Fsp3) is 0.190. The number of hydrogen-bond donors (Lipinski definition) is 1. The molecule has 7 nitrogen and oxygen atoms in total. The number of fused-ring (bicyclic) bond motifs is 2. The Bertz CT molecular complexity index is 1190. The topological polar surface area (TPSA) is 82.2 Å². The third kappa shape index (κ3) is 3.34. The van der Waals surface area contributed by atoms with Crippen molar-refractivity contribution in [2.45, 2.75) is 19.9 Å². The molecular formula is C21H20N4O3. The highest BCUT2D eigenvalue weighted by molar-refractivity contribution is 6.02. The van der Waals surface area contributed by atoms with E-state index < -0.39 is 0 Å². The number of rotatable bonds is 5. The number of carbonyl (C=O) groups is 1. The molecule has 0 bridgehead atoms. The van der Waals surface area contributed by atoms with Gasteiger partial charge in [-0.1, -0.05) is 12.1 Å². The molecule has 0 saturated carbocycles. The number of anilines is 1. The molecule has 0 unspecified atom stereocenters. The van der Waals surface area contributed by atoms with E-state index in [9.17, 15) is 4.79 Å². The maximum absolute atomic E-state index is 12.3. The fourth-order valence-corrected chi connectivity index (χ4v) is 3.03. The largest absolute Gasteiger partial charge is 0.493 e. The zero-order chi connectivity index (χ0) is 19.7. The van der Waals surface area contributed by atoms with E-state index in [0.29, 0.717) is 22.8 Å². The van der Waals surface area contributed by atoms with Gasteiger partial charge in [0, 0.05) is 22.9 Å². The minimum absolute atomic E-state index is 0.218. The standard InChI is InChI=1S/C21H20N4O3/c1-13(2)25-21-15(11-23-25)9-16(12-22-21)24-19(26)8-7-17-10-14-5-4-6-18(27-3)20(14)28-17/h4-13H,1-3H3,(H,24,26)/b8-7+. The van der Waals surface area contributed by atoms with Gasteiger partial charge >= 0.3 is 0 Å². The van der Waals surface area contributed by atoms with Crippen LogP contribution in [-0.2, 0) is 4.79 Å². The Kier molecular flexibility index (Phi) is 4.57. The third-order valence-corrected chi connectivity index (χ3v) is 4.34. The summed E-state index contributed by atoms with van der Waals surface area (Å²) in [5.41, 5.74) is 2.05. The summed E-state index contributed by atoms with van der Waals surface area (Å²) < 4.78 is 12.9. The van der Waals surface area contributed by atoms with Crippen LogP contribution >= 0.6 is 0 Å². The lowest BCUT2D eigenvalue weighted by molar-refractivity contribution is -0.111. The number of amides is 1. The number of methoxy groups -OCH3 is 1. The average molecular weight is 376 g/mol. The van der Waals surface area contributed by atoms with E-state index in [1.54, 1.807) is 25.6 Å². The number of hydrogen-bond acceptors (Lipinski definition) is 5. The second-order valence-corrected chi connectivity index (χ2v) is 6.67. The minimum atomic E-state index is -0.273. The second-order valence-electron chi connectivity index (χ2n) is 6.67. The van der Waals surface area contributed by atoms with Crippen molar-refractivity contribution < 1.29 is 13.9 Å². The van der Waals surface area contributed by atoms with Crippen molar-refractivity contribution in [3.8, 4) is 5.75 Å². The van der Waals surface area contributed by atoms with E-state index in [1.165, 1.54) is 6.08 Å². The van der Waals surface area contributed by atoms with Crippen LogP contribution in [0.4, 0.5) is 5.69 Å². The molecule has 0 radical (unpaired) electrons. The Morgan fingerprint density at radius 2 is 2.11 bits per heavy atom. The fourth-order valence-electron chi connectivity index (χ4n) is 3.03. The Labute approximate surface area is 161 Å². The molecule has 1 N–H and O–H groups in total. The molecule has 0 spiro atoms. The molecular weight excluding hydrogens is 356 g/mol. The maximum atomic E-state index is 12.3. The second kappa shape index (κ2) is 7.19. The van der Waals surface area contributed by atoms with Crippen LogP contribution in [0, 0.1) is 0 Å². The molecule has 1 amide bonds. The summed E-state index contributed by atoms with van der Waals surface area (Å²) in [6.07, 6.45) is 6.42. The molecule has 28 heavy (non-hydrogen) atoms. The lowest BCUT2D eigenvalue weighted by Crippen LogP contribution is -2.08. The summed E-state index contributed by atoms with van der Waals surface area (Å²) in [5.74, 6) is 0.953. The van der Waals surface area contributed by atoms with Crippen molar-refractivity contribution in [2.24, 2.45) is 0 Å². The first-order valence-electron chi connectivity index (χ1n) is 8.94. The molecule has 3 heterocycles. The number of aromatic nitrogens is 3. The molecule has 0 atom stereocenters. The number of benzene rings is 1. The molecule has 7 heteroatoms. The first-order valence-corrected chi connectivity index (χ1v) is 8.94. The number of furan rings is 1. The van der Waals surface area contributed by atoms with Crippen molar-refractivity contribution in [1.82, 2.24) is 14.8 Å². The minimum Gasteiger partial charge on any atom is -0.493 e. The molecule has 0 aliphatic heterocycles. The van der Waals surface area contributed by atoms with E-state index in [0.717, 1.165) is 16.4 Å².